The Morgan fingerprint density at radius 1 is 1.33 bits per heavy atom. The maximum absolute atomic E-state index is 11.6. The fraction of sp³-hybridized carbons (Fsp3) is 0.231. The number of benzene rings is 1. The first-order valence-electron chi connectivity index (χ1n) is 5.68. The van der Waals surface area contributed by atoms with Crippen molar-refractivity contribution in [3.05, 3.63) is 57.5 Å². The number of nitrogens with zero attached hydrogens (tertiary/aromatic N) is 2. The van der Waals surface area contributed by atoms with Crippen molar-refractivity contribution in [3.8, 4) is 0 Å². The van der Waals surface area contributed by atoms with Crippen molar-refractivity contribution in [1.82, 2.24) is 9.78 Å². The number of anilines is 1. The summed E-state index contributed by atoms with van der Waals surface area (Å²) in [5, 5.41) is 7.98. The van der Waals surface area contributed by atoms with Gasteiger partial charge in [-0.1, -0.05) is 11.6 Å². The maximum atomic E-state index is 11.6. The molecule has 1 N–H and O–H groups in total. The van der Waals surface area contributed by atoms with E-state index in [9.17, 15) is 4.79 Å². The second kappa shape index (κ2) is 5.69. The van der Waals surface area contributed by atoms with Gasteiger partial charge in [0.05, 0.1) is 12.7 Å². The summed E-state index contributed by atoms with van der Waals surface area (Å²) in [6, 6.07) is 9.01. The van der Waals surface area contributed by atoms with E-state index >= 15 is 0 Å². The number of hydrogen-bond acceptors (Lipinski definition) is 3. The second-order valence-electron chi connectivity index (χ2n) is 4.03. The summed E-state index contributed by atoms with van der Waals surface area (Å²) >= 11 is 5.79. The highest BCUT2D eigenvalue weighted by Gasteiger charge is 1.97. The number of rotatable bonds is 4. The number of halogens is 1. The molecule has 1 aromatic carbocycles. The zero-order valence-electron chi connectivity index (χ0n) is 10.1. The second-order valence-corrected chi connectivity index (χ2v) is 4.46. The van der Waals surface area contributed by atoms with Gasteiger partial charge in [-0.2, -0.15) is 5.10 Å². The molecule has 1 heterocycles. The number of aryl methyl sites for hydroxylation is 1. The summed E-state index contributed by atoms with van der Waals surface area (Å²) in [6.07, 6.45) is 1.68. The summed E-state index contributed by atoms with van der Waals surface area (Å²) in [4.78, 5) is 11.6. The molecule has 18 heavy (non-hydrogen) atoms. The third-order valence-electron chi connectivity index (χ3n) is 2.50. The lowest BCUT2D eigenvalue weighted by Crippen LogP contribution is -2.25. The van der Waals surface area contributed by atoms with E-state index in [0.29, 0.717) is 18.1 Å². The normalized spacial score (nSPS) is 10.3. The quantitative estimate of drug-likeness (QED) is 0.921. The minimum atomic E-state index is -0.0760. The summed E-state index contributed by atoms with van der Waals surface area (Å²) in [5.74, 6) is 0. The van der Waals surface area contributed by atoms with Crippen molar-refractivity contribution >= 4 is 17.3 Å². The highest BCUT2D eigenvalue weighted by molar-refractivity contribution is 6.30. The van der Waals surface area contributed by atoms with E-state index in [1.807, 2.05) is 31.2 Å². The molecule has 0 aliphatic heterocycles. The molecule has 0 atom stereocenters. The zero-order valence-corrected chi connectivity index (χ0v) is 10.8. The summed E-state index contributed by atoms with van der Waals surface area (Å²) < 4.78 is 1.44. The fourth-order valence-electron chi connectivity index (χ4n) is 1.57. The van der Waals surface area contributed by atoms with Crippen LogP contribution in [0.25, 0.3) is 0 Å². The predicted molar refractivity (Wildman–Crippen MR) is 73.2 cm³/mol. The number of aromatic nitrogens is 2. The van der Waals surface area contributed by atoms with Crippen LogP contribution < -0.4 is 10.9 Å². The van der Waals surface area contributed by atoms with Crippen LogP contribution in [0.5, 0.6) is 0 Å². The highest BCUT2D eigenvalue weighted by atomic mass is 35.5. The molecule has 0 radical (unpaired) electrons. The standard InChI is InChI=1S/C13H14ClN3O/c1-10-8-13(18)17(16-9-10)7-6-15-12-4-2-11(14)3-5-12/h2-5,8-9,15H,6-7H2,1H3. The van der Waals surface area contributed by atoms with Gasteiger partial charge in [0, 0.05) is 23.3 Å². The van der Waals surface area contributed by atoms with E-state index < -0.39 is 0 Å². The Morgan fingerprint density at radius 2 is 2.06 bits per heavy atom. The van der Waals surface area contributed by atoms with E-state index in [-0.39, 0.29) is 5.56 Å². The van der Waals surface area contributed by atoms with Crippen molar-refractivity contribution in [2.75, 3.05) is 11.9 Å². The first-order chi connectivity index (χ1) is 8.65. The predicted octanol–water partition coefficient (Wildman–Crippen LogP) is 2.32. The molecule has 0 saturated carbocycles. The van der Waals surface area contributed by atoms with Crippen LogP contribution >= 0.6 is 11.6 Å². The summed E-state index contributed by atoms with van der Waals surface area (Å²) in [7, 11) is 0. The van der Waals surface area contributed by atoms with E-state index in [4.69, 9.17) is 11.6 Å². The van der Waals surface area contributed by atoms with E-state index in [2.05, 4.69) is 10.4 Å². The third-order valence-corrected chi connectivity index (χ3v) is 2.76. The van der Waals surface area contributed by atoms with E-state index in [0.717, 1.165) is 11.3 Å². The number of hydrogen-bond donors (Lipinski definition) is 1. The maximum Gasteiger partial charge on any atom is 0.267 e. The molecule has 2 rings (SSSR count). The van der Waals surface area contributed by atoms with Crippen molar-refractivity contribution in [2.45, 2.75) is 13.5 Å². The molecular weight excluding hydrogens is 250 g/mol. The van der Waals surface area contributed by atoms with Crippen molar-refractivity contribution in [2.24, 2.45) is 0 Å². The molecule has 0 aliphatic rings. The van der Waals surface area contributed by atoms with Crippen molar-refractivity contribution in [1.29, 1.82) is 0 Å². The first kappa shape index (κ1) is 12.6. The van der Waals surface area contributed by atoms with Gasteiger partial charge in [-0.15, -0.1) is 0 Å². The van der Waals surface area contributed by atoms with Gasteiger partial charge >= 0.3 is 0 Å². The Labute approximate surface area is 110 Å². The van der Waals surface area contributed by atoms with Crippen LogP contribution in [-0.4, -0.2) is 16.3 Å². The van der Waals surface area contributed by atoms with Crippen LogP contribution in [0.2, 0.25) is 5.02 Å². The molecule has 0 fully saturated rings. The topological polar surface area (TPSA) is 46.9 Å². The van der Waals surface area contributed by atoms with E-state index in [1.54, 1.807) is 12.3 Å². The smallest absolute Gasteiger partial charge is 0.267 e. The molecule has 4 nitrogen and oxygen atoms in total. The molecule has 2 aromatic rings. The van der Waals surface area contributed by atoms with Gasteiger partial charge in [0.2, 0.25) is 0 Å². The van der Waals surface area contributed by atoms with Gasteiger partial charge in [-0.25, -0.2) is 4.68 Å². The Balaban J connectivity index is 1.92. The van der Waals surface area contributed by atoms with Crippen LogP contribution in [0.1, 0.15) is 5.56 Å². The lowest BCUT2D eigenvalue weighted by atomic mass is 10.3. The minimum Gasteiger partial charge on any atom is -0.383 e. The van der Waals surface area contributed by atoms with E-state index in [1.165, 1.54) is 4.68 Å². The van der Waals surface area contributed by atoms with Crippen molar-refractivity contribution in [3.63, 3.8) is 0 Å². The molecule has 1 aromatic heterocycles. The largest absolute Gasteiger partial charge is 0.383 e. The third kappa shape index (κ3) is 3.34. The molecule has 94 valence electrons. The van der Waals surface area contributed by atoms with Gasteiger partial charge in [0.15, 0.2) is 0 Å². The summed E-state index contributed by atoms with van der Waals surface area (Å²) in [6.45, 7) is 3.02. The zero-order chi connectivity index (χ0) is 13.0. The fourth-order valence-corrected chi connectivity index (χ4v) is 1.69. The van der Waals surface area contributed by atoms with Crippen molar-refractivity contribution < 1.29 is 0 Å². The average Bonchev–Trinajstić information content (AvgIpc) is 2.34. The lowest BCUT2D eigenvalue weighted by Gasteiger charge is -2.07. The van der Waals surface area contributed by atoms with Crippen LogP contribution in [0.4, 0.5) is 5.69 Å². The number of nitrogens with one attached hydrogen (secondary N) is 1. The highest BCUT2D eigenvalue weighted by Crippen LogP contribution is 2.12. The molecule has 0 bridgehead atoms. The van der Waals surface area contributed by atoms with Gasteiger partial charge in [-0.3, -0.25) is 4.79 Å². The van der Waals surface area contributed by atoms with Gasteiger partial charge in [0.1, 0.15) is 0 Å². The summed E-state index contributed by atoms with van der Waals surface area (Å²) in [5.41, 5.74) is 1.77. The van der Waals surface area contributed by atoms with Gasteiger partial charge in [-0.05, 0) is 36.8 Å². The van der Waals surface area contributed by atoms with Crippen LogP contribution in [0.15, 0.2) is 41.3 Å². The Bertz CT molecular complexity index is 578. The van der Waals surface area contributed by atoms with Crippen LogP contribution in [-0.2, 0) is 6.54 Å². The Morgan fingerprint density at radius 3 is 2.72 bits per heavy atom. The first-order valence-corrected chi connectivity index (χ1v) is 6.06. The molecule has 0 unspecified atom stereocenters. The minimum absolute atomic E-state index is 0.0760. The Kier molecular flexibility index (Phi) is 3.99. The van der Waals surface area contributed by atoms with Gasteiger partial charge in [0.25, 0.3) is 5.56 Å². The monoisotopic (exact) mass is 263 g/mol. The molecular formula is C13H14ClN3O. The van der Waals surface area contributed by atoms with Crippen LogP contribution in [0, 0.1) is 6.92 Å². The lowest BCUT2D eigenvalue weighted by molar-refractivity contribution is 0.595. The molecule has 0 aliphatic carbocycles. The molecule has 0 saturated heterocycles. The van der Waals surface area contributed by atoms with Gasteiger partial charge < -0.3 is 5.32 Å². The molecule has 0 amide bonds. The SMILES string of the molecule is Cc1cnn(CCNc2ccc(Cl)cc2)c(=O)c1. The Hall–Kier alpha value is -1.81. The van der Waals surface area contributed by atoms with Crippen LogP contribution in [0.3, 0.4) is 0 Å². The molecule has 0 spiro atoms. The average molecular weight is 264 g/mol. The molecule has 5 heteroatoms.